The van der Waals surface area contributed by atoms with E-state index in [1.165, 1.54) is 0 Å². The van der Waals surface area contributed by atoms with Crippen molar-refractivity contribution in [1.82, 2.24) is 10.6 Å². The lowest BCUT2D eigenvalue weighted by atomic mass is 10.0. The Balaban J connectivity index is 4.20. The molecule has 0 bridgehead atoms. The van der Waals surface area contributed by atoms with Crippen LogP contribution in [0.2, 0.25) is 0 Å². The highest BCUT2D eigenvalue weighted by Gasteiger charge is 2.21. The van der Waals surface area contributed by atoms with E-state index in [4.69, 9.17) is 10.8 Å². The van der Waals surface area contributed by atoms with E-state index in [0.29, 0.717) is 6.42 Å². The van der Waals surface area contributed by atoms with Crippen molar-refractivity contribution < 1.29 is 19.5 Å². The zero-order valence-electron chi connectivity index (χ0n) is 11.0. The van der Waals surface area contributed by atoms with E-state index in [1.54, 1.807) is 0 Å². The second-order valence-electron chi connectivity index (χ2n) is 4.59. The van der Waals surface area contributed by atoms with Gasteiger partial charge in [0, 0.05) is 5.75 Å². The molecule has 5 N–H and O–H groups in total. The summed E-state index contributed by atoms with van der Waals surface area (Å²) in [6.07, 6.45) is 0.325. The molecule has 0 aliphatic heterocycles. The molecule has 2 amide bonds. The largest absolute Gasteiger partial charge is 0.480 e. The molecule has 0 aliphatic carbocycles. The van der Waals surface area contributed by atoms with E-state index in [1.807, 2.05) is 13.8 Å². The molecule has 2 unspecified atom stereocenters. The molecule has 0 aliphatic rings. The second-order valence-corrected chi connectivity index (χ2v) is 4.96. The summed E-state index contributed by atoms with van der Waals surface area (Å²) in [5.41, 5.74) is 5.40. The van der Waals surface area contributed by atoms with Gasteiger partial charge in [0.15, 0.2) is 0 Å². The van der Waals surface area contributed by atoms with Crippen molar-refractivity contribution >= 4 is 30.4 Å². The average molecular weight is 291 g/mol. The molecule has 0 rings (SSSR count). The number of hydrogen-bond donors (Lipinski definition) is 5. The number of amides is 2. The zero-order chi connectivity index (χ0) is 15.0. The van der Waals surface area contributed by atoms with Gasteiger partial charge in [-0.2, -0.15) is 12.6 Å². The smallest absolute Gasteiger partial charge is 0.326 e. The summed E-state index contributed by atoms with van der Waals surface area (Å²) in [4.78, 5) is 33.7. The first-order valence-electron chi connectivity index (χ1n) is 5.94. The Kier molecular flexibility index (Phi) is 8.17. The highest BCUT2D eigenvalue weighted by atomic mass is 32.1. The van der Waals surface area contributed by atoms with Gasteiger partial charge in [-0.15, -0.1) is 0 Å². The van der Waals surface area contributed by atoms with Gasteiger partial charge in [-0.25, -0.2) is 4.79 Å². The van der Waals surface area contributed by atoms with Crippen molar-refractivity contribution in [2.75, 3.05) is 12.3 Å². The Morgan fingerprint density at radius 2 is 1.89 bits per heavy atom. The van der Waals surface area contributed by atoms with Crippen molar-refractivity contribution in [2.24, 2.45) is 11.7 Å². The van der Waals surface area contributed by atoms with Gasteiger partial charge in [-0.1, -0.05) is 13.8 Å². The summed E-state index contributed by atoms with van der Waals surface area (Å²) in [6.45, 7) is 3.41. The van der Waals surface area contributed by atoms with E-state index in [-0.39, 0.29) is 18.2 Å². The van der Waals surface area contributed by atoms with Crippen LogP contribution in [0.3, 0.4) is 0 Å². The number of nitrogens with two attached hydrogens (primary N) is 1. The molecular weight excluding hydrogens is 270 g/mol. The minimum absolute atomic E-state index is 0.133. The first-order chi connectivity index (χ1) is 8.77. The number of thiol groups is 1. The van der Waals surface area contributed by atoms with E-state index in [2.05, 4.69) is 23.3 Å². The molecule has 8 heteroatoms. The molecule has 2 atom stereocenters. The zero-order valence-corrected chi connectivity index (χ0v) is 11.9. The van der Waals surface area contributed by atoms with Crippen molar-refractivity contribution in [3.05, 3.63) is 0 Å². The molecule has 0 aromatic heterocycles. The Hall–Kier alpha value is -1.28. The van der Waals surface area contributed by atoms with Crippen molar-refractivity contribution in [3.8, 4) is 0 Å². The van der Waals surface area contributed by atoms with Gasteiger partial charge < -0.3 is 21.5 Å². The van der Waals surface area contributed by atoms with Gasteiger partial charge in [0.1, 0.15) is 6.04 Å². The third kappa shape index (κ3) is 7.68. The summed E-state index contributed by atoms with van der Waals surface area (Å²) in [5.74, 6) is -1.86. The van der Waals surface area contributed by atoms with Gasteiger partial charge in [0.05, 0.1) is 12.6 Å². The number of hydrogen-bond acceptors (Lipinski definition) is 5. The van der Waals surface area contributed by atoms with Crippen LogP contribution in [0.5, 0.6) is 0 Å². The van der Waals surface area contributed by atoms with E-state index in [0.717, 1.165) is 0 Å². The third-order valence-corrected chi connectivity index (χ3v) is 2.69. The quantitative estimate of drug-likeness (QED) is 0.366. The SMILES string of the molecule is CC(C)CC(NC(=O)CNC(=O)C(N)CS)C(=O)O. The highest BCUT2D eigenvalue weighted by molar-refractivity contribution is 7.80. The number of carboxylic acid groups (broad SMARTS) is 1. The summed E-state index contributed by atoms with van der Waals surface area (Å²) in [5, 5.41) is 13.6. The lowest BCUT2D eigenvalue weighted by Crippen LogP contribution is -2.49. The molecule has 110 valence electrons. The summed E-state index contributed by atoms with van der Waals surface area (Å²) in [7, 11) is 0. The Morgan fingerprint density at radius 3 is 2.32 bits per heavy atom. The van der Waals surface area contributed by atoms with Crippen LogP contribution in [0.25, 0.3) is 0 Å². The number of aliphatic carboxylic acids is 1. The minimum Gasteiger partial charge on any atom is -0.480 e. The fourth-order valence-corrected chi connectivity index (χ4v) is 1.49. The molecule has 0 heterocycles. The Labute approximate surface area is 117 Å². The maximum absolute atomic E-state index is 11.5. The number of carbonyl (C=O) groups excluding carboxylic acids is 2. The minimum atomic E-state index is -1.10. The molecule has 0 spiro atoms. The summed E-state index contributed by atoms with van der Waals surface area (Å²) >= 11 is 3.86. The molecule has 7 nitrogen and oxygen atoms in total. The Morgan fingerprint density at radius 1 is 1.32 bits per heavy atom. The molecular formula is C11H21N3O4S. The first-order valence-corrected chi connectivity index (χ1v) is 6.57. The van der Waals surface area contributed by atoms with Crippen LogP contribution in [0.4, 0.5) is 0 Å². The molecule has 0 fully saturated rings. The number of rotatable bonds is 8. The van der Waals surface area contributed by atoms with E-state index in [9.17, 15) is 14.4 Å². The van der Waals surface area contributed by atoms with Crippen LogP contribution in [0.1, 0.15) is 20.3 Å². The number of carboxylic acids is 1. The van der Waals surface area contributed by atoms with Crippen molar-refractivity contribution in [3.63, 3.8) is 0 Å². The maximum atomic E-state index is 11.5. The predicted molar refractivity (Wildman–Crippen MR) is 73.9 cm³/mol. The second kappa shape index (κ2) is 8.76. The van der Waals surface area contributed by atoms with Gasteiger partial charge in [-0.05, 0) is 12.3 Å². The highest BCUT2D eigenvalue weighted by Crippen LogP contribution is 2.04. The first kappa shape index (κ1) is 17.7. The lowest BCUT2D eigenvalue weighted by Gasteiger charge is -2.17. The molecule has 0 aromatic carbocycles. The standard InChI is InChI=1S/C11H21N3O4S/c1-6(2)3-8(11(17)18)14-9(15)4-13-10(16)7(12)5-19/h6-8,19H,3-5,12H2,1-2H3,(H,13,16)(H,14,15)(H,17,18). The Bertz CT molecular complexity index is 336. The van der Waals surface area contributed by atoms with Crippen LogP contribution in [-0.2, 0) is 14.4 Å². The maximum Gasteiger partial charge on any atom is 0.326 e. The fraction of sp³-hybridized carbons (Fsp3) is 0.727. The monoisotopic (exact) mass is 291 g/mol. The van der Waals surface area contributed by atoms with Crippen LogP contribution in [0.15, 0.2) is 0 Å². The van der Waals surface area contributed by atoms with Crippen LogP contribution < -0.4 is 16.4 Å². The van der Waals surface area contributed by atoms with Gasteiger partial charge in [0.2, 0.25) is 11.8 Å². The normalized spacial score (nSPS) is 13.7. The molecule has 19 heavy (non-hydrogen) atoms. The van der Waals surface area contributed by atoms with Gasteiger partial charge >= 0.3 is 5.97 Å². The van der Waals surface area contributed by atoms with Gasteiger partial charge in [-0.3, -0.25) is 9.59 Å². The molecule has 0 radical (unpaired) electrons. The molecule has 0 saturated heterocycles. The van der Waals surface area contributed by atoms with Gasteiger partial charge in [0.25, 0.3) is 0 Å². The summed E-state index contributed by atoms with van der Waals surface area (Å²) < 4.78 is 0. The topological polar surface area (TPSA) is 122 Å². The van der Waals surface area contributed by atoms with Crippen molar-refractivity contribution in [1.29, 1.82) is 0 Å². The van der Waals surface area contributed by atoms with Crippen LogP contribution in [-0.4, -0.2) is 47.3 Å². The average Bonchev–Trinajstić information content (AvgIpc) is 2.33. The molecule has 0 aromatic rings. The third-order valence-electron chi connectivity index (χ3n) is 2.30. The summed E-state index contributed by atoms with van der Waals surface area (Å²) in [6, 6.07) is -1.75. The fourth-order valence-electron chi connectivity index (χ4n) is 1.32. The molecule has 0 saturated carbocycles. The number of nitrogens with one attached hydrogen (secondary N) is 2. The lowest BCUT2D eigenvalue weighted by molar-refractivity contribution is -0.142. The van der Waals surface area contributed by atoms with Crippen LogP contribution >= 0.6 is 12.6 Å². The van der Waals surface area contributed by atoms with Crippen LogP contribution in [0, 0.1) is 5.92 Å². The number of carbonyl (C=O) groups is 3. The van der Waals surface area contributed by atoms with Crippen molar-refractivity contribution in [2.45, 2.75) is 32.4 Å². The predicted octanol–water partition coefficient (Wildman–Crippen LogP) is -1.02. The van der Waals surface area contributed by atoms with E-state index >= 15 is 0 Å². The van der Waals surface area contributed by atoms with E-state index < -0.39 is 29.9 Å².